The molecule has 2 rings (SSSR count). The summed E-state index contributed by atoms with van der Waals surface area (Å²) in [5, 5.41) is 6.27. The zero-order valence-electron chi connectivity index (χ0n) is 8.70. The van der Waals surface area contributed by atoms with Gasteiger partial charge in [0.15, 0.2) is 0 Å². The third-order valence-corrected chi connectivity index (χ3v) is 2.52. The summed E-state index contributed by atoms with van der Waals surface area (Å²) >= 11 is 0. The second-order valence-electron chi connectivity index (χ2n) is 3.87. The number of rotatable bonds is 3. The van der Waals surface area contributed by atoms with Crippen LogP contribution in [0.1, 0.15) is 12.8 Å². The number of carbonyl (C=O) groups excluding carboxylic acids is 1. The van der Waals surface area contributed by atoms with Gasteiger partial charge in [-0.3, -0.25) is 9.69 Å². The van der Waals surface area contributed by atoms with Crippen molar-refractivity contribution in [1.29, 1.82) is 0 Å². The lowest BCUT2D eigenvalue weighted by molar-refractivity contribution is -0.122. The molecule has 1 aliphatic heterocycles. The summed E-state index contributed by atoms with van der Waals surface area (Å²) in [4.78, 5) is 13.6. The molecule has 0 unspecified atom stereocenters. The zero-order valence-corrected chi connectivity index (χ0v) is 10.3. The van der Waals surface area contributed by atoms with E-state index >= 15 is 0 Å². The van der Waals surface area contributed by atoms with Gasteiger partial charge in [0.1, 0.15) is 0 Å². The third-order valence-electron chi connectivity index (χ3n) is 2.52. The van der Waals surface area contributed by atoms with Crippen LogP contribution in [0.4, 0.5) is 0 Å². The van der Waals surface area contributed by atoms with Crippen LogP contribution in [-0.2, 0) is 4.79 Å². The molecule has 0 aromatic heterocycles. The molecular formula is C9H19Cl2N3O. The normalized spacial score (nSPS) is 21.1. The number of amides is 1. The molecule has 4 nitrogen and oxygen atoms in total. The maximum absolute atomic E-state index is 11.4. The lowest BCUT2D eigenvalue weighted by Crippen LogP contribution is -2.47. The highest BCUT2D eigenvalue weighted by Crippen LogP contribution is 2.18. The first-order valence-electron chi connectivity index (χ1n) is 5.07. The van der Waals surface area contributed by atoms with E-state index < -0.39 is 0 Å². The standard InChI is InChI=1S/C9H17N3O.2ClH/c13-9(11-8-1-2-8)7-12-5-3-10-4-6-12;;/h8,10H,1-7H2,(H,11,13);2*1H. The summed E-state index contributed by atoms with van der Waals surface area (Å²) in [6.45, 7) is 4.60. The minimum absolute atomic E-state index is 0. The molecule has 2 aliphatic rings. The van der Waals surface area contributed by atoms with Gasteiger partial charge in [-0.15, -0.1) is 24.8 Å². The van der Waals surface area contributed by atoms with Crippen molar-refractivity contribution in [3.05, 3.63) is 0 Å². The van der Waals surface area contributed by atoms with Crippen LogP contribution in [0.5, 0.6) is 0 Å². The summed E-state index contributed by atoms with van der Waals surface area (Å²) in [6.07, 6.45) is 2.35. The van der Waals surface area contributed by atoms with E-state index in [9.17, 15) is 4.79 Å². The molecule has 1 saturated carbocycles. The smallest absolute Gasteiger partial charge is 0.234 e. The highest BCUT2D eigenvalue weighted by Gasteiger charge is 2.24. The molecule has 0 bridgehead atoms. The van der Waals surface area contributed by atoms with Crippen LogP contribution in [0.3, 0.4) is 0 Å². The fraction of sp³-hybridized carbons (Fsp3) is 0.889. The Morgan fingerprint density at radius 3 is 2.40 bits per heavy atom. The first-order chi connectivity index (χ1) is 6.34. The van der Waals surface area contributed by atoms with Gasteiger partial charge in [0.2, 0.25) is 5.91 Å². The van der Waals surface area contributed by atoms with Crippen molar-refractivity contribution < 1.29 is 4.79 Å². The monoisotopic (exact) mass is 255 g/mol. The average molecular weight is 256 g/mol. The number of hydrogen-bond acceptors (Lipinski definition) is 3. The van der Waals surface area contributed by atoms with Crippen molar-refractivity contribution in [2.45, 2.75) is 18.9 Å². The van der Waals surface area contributed by atoms with Crippen LogP contribution < -0.4 is 10.6 Å². The number of carbonyl (C=O) groups is 1. The van der Waals surface area contributed by atoms with Crippen LogP contribution in [0.2, 0.25) is 0 Å². The van der Waals surface area contributed by atoms with Gasteiger partial charge in [0.05, 0.1) is 6.54 Å². The Balaban J connectivity index is 0.000000980. The molecule has 0 radical (unpaired) electrons. The minimum atomic E-state index is 0. The number of piperazine rings is 1. The number of halogens is 2. The zero-order chi connectivity index (χ0) is 9.10. The number of nitrogens with one attached hydrogen (secondary N) is 2. The Bertz CT molecular complexity index is 194. The molecule has 1 saturated heterocycles. The molecule has 2 fully saturated rings. The molecule has 0 atom stereocenters. The fourth-order valence-electron chi connectivity index (χ4n) is 1.57. The molecule has 0 spiro atoms. The number of nitrogens with zero attached hydrogens (tertiary/aromatic N) is 1. The topological polar surface area (TPSA) is 44.4 Å². The van der Waals surface area contributed by atoms with Gasteiger partial charge in [-0.1, -0.05) is 0 Å². The van der Waals surface area contributed by atoms with Gasteiger partial charge >= 0.3 is 0 Å². The van der Waals surface area contributed by atoms with Crippen molar-refractivity contribution in [2.24, 2.45) is 0 Å². The van der Waals surface area contributed by atoms with Gasteiger partial charge in [0.25, 0.3) is 0 Å². The first kappa shape index (κ1) is 15.0. The van der Waals surface area contributed by atoms with E-state index in [-0.39, 0.29) is 30.7 Å². The molecule has 90 valence electrons. The molecule has 15 heavy (non-hydrogen) atoms. The van der Waals surface area contributed by atoms with E-state index in [1.54, 1.807) is 0 Å². The quantitative estimate of drug-likeness (QED) is 0.748. The first-order valence-corrected chi connectivity index (χ1v) is 5.07. The summed E-state index contributed by atoms with van der Waals surface area (Å²) in [5.74, 6) is 0.199. The highest BCUT2D eigenvalue weighted by molar-refractivity contribution is 5.85. The third kappa shape index (κ3) is 5.56. The predicted molar refractivity (Wildman–Crippen MR) is 65.0 cm³/mol. The Labute approximate surface area is 103 Å². The molecule has 1 heterocycles. The lowest BCUT2D eigenvalue weighted by atomic mass is 10.3. The van der Waals surface area contributed by atoms with Crippen molar-refractivity contribution >= 4 is 30.7 Å². The Kier molecular flexibility index (Phi) is 7.26. The van der Waals surface area contributed by atoms with Gasteiger partial charge in [0, 0.05) is 32.2 Å². The lowest BCUT2D eigenvalue weighted by Gasteiger charge is -2.26. The van der Waals surface area contributed by atoms with Gasteiger partial charge in [-0.25, -0.2) is 0 Å². The Morgan fingerprint density at radius 1 is 1.27 bits per heavy atom. The largest absolute Gasteiger partial charge is 0.352 e. The van der Waals surface area contributed by atoms with Crippen molar-refractivity contribution in [3.63, 3.8) is 0 Å². The summed E-state index contributed by atoms with van der Waals surface area (Å²) in [6, 6.07) is 0.496. The fourth-order valence-corrected chi connectivity index (χ4v) is 1.57. The summed E-state index contributed by atoms with van der Waals surface area (Å²) in [5.41, 5.74) is 0. The van der Waals surface area contributed by atoms with E-state index in [0.29, 0.717) is 12.6 Å². The van der Waals surface area contributed by atoms with Crippen LogP contribution in [0.25, 0.3) is 0 Å². The highest BCUT2D eigenvalue weighted by atomic mass is 35.5. The van der Waals surface area contributed by atoms with Crippen molar-refractivity contribution in [2.75, 3.05) is 32.7 Å². The SMILES string of the molecule is Cl.Cl.O=C(CN1CCNCC1)NC1CC1. The second-order valence-corrected chi connectivity index (χ2v) is 3.87. The molecule has 2 N–H and O–H groups in total. The van der Waals surface area contributed by atoms with E-state index in [1.807, 2.05) is 0 Å². The van der Waals surface area contributed by atoms with Crippen molar-refractivity contribution in [1.82, 2.24) is 15.5 Å². The average Bonchev–Trinajstić information content (AvgIpc) is 2.90. The molecule has 0 aromatic rings. The van der Waals surface area contributed by atoms with Crippen LogP contribution in [0, 0.1) is 0 Å². The Hall–Kier alpha value is -0.0300. The van der Waals surface area contributed by atoms with Crippen LogP contribution >= 0.6 is 24.8 Å². The van der Waals surface area contributed by atoms with Gasteiger partial charge in [-0.05, 0) is 12.8 Å². The van der Waals surface area contributed by atoms with Crippen molar-refractivity contribution in [3.8, 4) is 0 Å². The van der Waals surface area contributed by atoms with Gasteiger partial charge < -0.3 is 10.6 Å². The van der Waals surface area contributed by atoms with E-state index in [1.165, 1.54) is 12.8 Å². The minimum Gasteiger partial charge on any atom is -0.352 e. The Morgan fingerprint density at radius 2 is 1.87 bits per heavy atom. The van der Waals surface area contributed by atoms with Crippen LogP contribution in [0.15, 0.2) is 0 Å². The predicted octanol–water partition coefficient (Wildman–Crippen LogP) is 0.0138. The molecule has 6 heteroatoms. The molecule has 1 aliphatic carbocycles. The second kappa shape index (κ2) is 7.28. The summed E-state index contributed by atoms with van der Waals surface area (Å²) < 4.78 is 0. The molecule has 0 aromatic carbocycles. The van der Waals surface area contributed by atoms with Crippen LogP contribution in [-0.4, -0.2) is 49.6 Å². The van der Waals surface area contributed by atoms with E-state index in [4.69, 9.17) is 0 Å². The maximum atomic E-state index is 11.4. The number of hydrogen-bond donors (Lipinski definition) is 2. The van der Waals surface area contributed by atoms with E-state index in [2.05, 4.69) is 15.5 Å². The van der Waals surface area contributed by atoms with Gasteiger partial charge in [-0.2, -0.15) is 0 Å². The molecule has 1 amide bonds. The van der Waals surface area contributed by atoms with E-state index in [0.717, 1.165) is 26.2 Å². The molecular weight excluding hydrogens is 237 g/mol. The summed E-state index contributed by atoms with van der Waals surface area (Å²) in [7, 11) is 0. The maximum Gasteiger partial charge on any atom is 0.234 e.